The second-order valence-corrected chi connectivity index (χ2v) is 12.3. The SMILES string of the molecule is CCCN(CCc1ccc(Cl)cc1Cl)C(=O)c1ccccc1-c1ccccc1C(=O)NCc1ccc(C(C)(C)C)cc1. The van der Waals surface area contributed by atoms with Crippen LogP contribution in [0.15, 0.2) is 91.0 Å². The average Bonchev–Trinajstić information content (AvgIpc) is 2.98. The Morgan fingerprint density at radius 1 is 0.786 bits per heavy atom. The third-order valence-electron chi connectivity index (χ3n) is 7.34. The first-order valence-corrected chi connectivity index (χ1v) is 15.1. The molecule has 0 saturated heterocycles. The summed E-state index contributed by atoms with van der Waals surface area (Å²) in [5.74, 6) is -0.262. The number of nitrogens with zero attached hydrogens (tertiary/aromatic N) is 1. The molecule has 0 aromatic heterocycles. The van der Waals surface area contributed by atoms with Crippen molar-refractivity contribution in [2.45, 2.75) is 52.5 Å². The molecule has 0 aliphatic rings. The lowest BCUT2D eigenvalue weighted by Gasteiger charge is -2.24. The molecule has 0 heterocycles. The van der Waals surface area contributed by atoms with E-state index in [1.807, 2.05) is 59.5 Å². The number of carbonyl (C=O) groups excluding carboxylic acids is 2. The molecule has 0 bridgehead atoms. The van der Waals surface area contributed by atoms with Gasteiger partial charge in [-0.05, 0) is 70.3 Å². The fourth-order valence-corrected chi connectivity index (χ4v) is 5.46. The topological polar surface area (TPSA) is 49.4 Å². The third-order valence-corrected chi connectivity index (χ3v) is 7.93. The van der Waals surface area contributed by atoms with Crippen LogP contribution in [0.3, 0.4) is 0 Å². The molecule has 0 fully saturated rings. The van der Waals surface area contributed by atoms with Crippen molar-refractivity contribution in [1.29, 1.82) is 0 Å². The van der Waals surface area contributed by atoms with Gasteiger partial charge in [-0.1, -0.05) is 118 Å². The van der Waals surface area contributed by atoms with Crippen molar-refractivity contribution >= 4 is 35.0 Å². The van der Waals surface area contributed by atoms with Gasteiger partial charge in [-0.15, -0.1) is 0 Å². The van der Waals surface area contributed by atoms with Crippen molar-refractivity contribution in [2.75, 3.05) is 13.1 Å². The Hall–Kier alpha value is -3.60. The molecule has 2 amide bonds. The summed E-state index contributed by atoms with van der Waals surface area (Å²) < 4.78 is 0. The van der Waals surface area contributed by atoms with E-state index < -0.39 is 0 Å². The van der Waals surface area contributed by atoms with Crippen molar-refractivity contribution in [3.05, 3.63) is 129 Å². The van der Waals surface area contributed by atoms with Crippen LogP contribution in [-0.4, -0.2) is 29.8 Å². The van der Waals surface area contributed by atoms with Crippen molar-refractivity contribution in [3.8, 4) is 11.1 Å². The number of benzene rings is 4. The average molecular weight is 602 g/mol. The molecule has 0 radical (unpaired) electrons. The van der Waals surface area contributed by atoms with Gasteiger partial charge < -0.3 is 10.2 Å². The Morgan fingerprint density at radius 3 is 2.02 bits per heavy atom. The molecule has 0 spiro atoms. The zero-order valence-corrected chi connectivity index (χ0v) is 26.2. The number of nitrogens with one attached hydrogen (secondary N) is 1. The highest BCUT2D eigenvalue weighted by molar-refractivity contribution is 6.35. The van der Waals surface area contributed by atoms with Gasteiger partial charge in [-0.2, -0.15) is 0 Å². The van der Waals surface area contributed by atoms with E-state index in [0.29, 0.717) is 47.2 Å². The van der Waals surface area contributed by atoms with Crippen LogP contribution in [-0.2, 0) is 18.4 Å². The molecule has 4 rings (SSSR count). The van der Waals surface area contributed by atoms with E-state index in [2.05, 4.69) is 57.3 Å². The third kappa shape index (κ3) is 7.81. The largest absolute Gasteiger partial charge is 0.348 e. The minimum absolute atomic E-state index is 0.0706. The van der Waals surface area contributed by atoms with E-state index in [1.165, 1.54) is 5.56 Å². The van der Waals surface area contributed by atoms with Crippen LogP contribution in [0, 0.1) is 0 Å². The van der Waals surface area contributed by atoms with E-state index in [9.17, 15) is 9.59 Å². The van der Waals surface area contributed by atoms with Crippen molar-refractivity contribution in [3.63, 3.8) is 0 Å². The monoisotopic (exact) mass is 600 g/mol. The number of carbonyl (C=O) groups is 2. The zero-order valence-electron chi connectivity index (χ0n) is 24.7. The van der Waals surface area contributed by atoms with Crippen molar-refractivity contribution in [1.82, 2.24) is 10.2 Å². The maximum Gasteiger partial charge on any atom is 0.254 e. The summed E-state index contributed by atoms with van der Waals surface area (Å²) in [4.78, 5) is 29.2. The molecule has 6 heteroatoms. The number of halogens is 2. The van der Waals surface area contributed by atoms with Gasteiger partial charge in [0.25, 0.3) is 11.8 Å². The second-order valence-electron chi connectivity index (χ2n) is 11.5. The summed E-state index contributed by atoms with van der Waals surface area (Å²) in [7, 11) is 0. The highest BCUT2D eigenvalue weighted by atomic mass is 35.5. The predicted octanol–water partition coefficient (Wildman–Crippen LogP) is 8.98. The molecule has 218 valence electrons. The number of hydrogen-bond acceptors (Lipinski definition) is 2. The maximum absolute atomic E-state index is 14.0. The molecule has 4 aromatic rings. The maximum atomic E-state index is 14.0. The molecule has 0 unspecified atom stereocenters. The van der Waals surface area contributed by atoms with Gasteiger partial charge in [0.2, 0.25) is 0 Å². The van der Waals surface area contributed by atoms with Crippen LogP contribution < -0.4 is 5.32 Å². The standard InChI is InChI=1S/C36H38Cl2N2O2/c1-5-21-40(22-20-26-16-19-28(37)23-33(26)38)35(42)32-13-9-7-11-30(32)29-10-6-8-12-31(29)34(41)39-24-25-14-17-27(18-15-25)36(2,3)4/h6-19,23H,5,20-22,24H2,1-4H3,(H,39,41). The van der Waals surface area contributed by atoms with Crippen LogP contribution in [0.25, 0.3) is 11.1 Å². The van der Waals surface area contributed by atoms with E-state index in [-0.39, 0.29) is 17.2 Å². The Bertz CT molecular complexity index is 1540. The molecule has 4 aromatic carbocycles. The van der Waals surface area contributed by atoms with Crippen LogP contribution in [0.4, 0.5) is 0 Å². The van der Waals surface area contributed by atoms with E-state index in [0.717, 1.165) is 28.7 Å². The summed E-state index contributed by atoms with van der Waals surface area (Å²) in [6.07, 6.45) is 1.43. The summed E-state index contributed by atoms with van der Waals surface area (Å²) >= 11 is 12.5. The van der Waals surface area contributed by atoms with Crippen LogP contribution >= 0.6 is 23.2 Å². The normalized spacial score (nSPS) is 11.3. The highest BCUT2D eigenvalue weighted by Crippen LogP contribution is 2.29. The summed E-state index contributed by atoms with van der Waals surface area (Å²) in [6.45, 7) is 10.1. The molecular weight excluding hydrogens is 563 g/mol. The van der Waals surface area contributed by atoms with Crippen molar-refractivity contribution in [2.24, 2.45) is 0 Å². The first-order valence-electron chi connectivity index (χ1n) is 14.4. The molecule has 42 heavy (non-hydrogen) atoms. The van der Waals surface area contributed by atoms with Gasteiger partial charge >= 0.3 is 0 Å². The van der Waals surface area contributed by atoms with Gasteiger partial charge in [-0.3, -0.25) is 9.59 Å². The van der Waals surface area contributed by atoms with Gasteiger partial charge in [0.15, 0.2) is 0 Å². The van der Waals surface area contributed by atoms with Gasteiger partial charge in [0.1, 0.15) is 0 Å². The number of hydrogen-bond donors (Lipinski definition) is 1. The smallest absolute Gasteiger partial charge is 0.254 e. The quantitative estimate of drug-likeness (QED) is 0.197. The van der Waals surface area contributed by atoms with E-state index in [1.54, 1.807) is 12.1 Å². The lowest BCUT2D eigenvalue weighted by Crippen LogP contribution is -2.34. The lowest BCUT2D eigenvalue weighted by molar-refractivity contribution is 0.0757. The van der Waals surface area contributed by atoms with Gasteiger partial charge in [-0.25, -0.2) is 0 Å². The lowest BCUT2D eigenvalue weighted by atomic mass is 9.87. The molecule has 0 atom stereocenters. The van der Waals surface area contributed by atoms with Gasteiger partial charge in [0, 0.05) is 40.8 Å². The molecule has 0 aliphatic heterocycles. The molecule has 4 nitrogen and oxygen atoms in total. The summed E-state index contributed by atoms with van der Waals surface area (Å²) in [5, 5.41) is 4.24. The Balaban J connectivity index is 1.55. The minimum Gasteiger partial charge on any atom is -0.348 e. The minimum atomic E-state index is -0.185. The van der Waals surface area contributed by atoms with Crippen molar-refractivity contribution < 1.29 is 9.59 Å². The number of amides is 2. The highest BCUT2D eigenvalue weighted by Gasteiger charge is 2.22. The molecule has 1 N–H and O–H groups in total. The van der Waals surface area contributed by atoms with Crippen LogP contribution in [0.2, 0.25) is 10.0 Å². The second kappa shape index (κ2) is 14.0. The fraction of sp³-hybridized carbons (Fsp3) is 0.278. The predicted molar refractivity (Wildman–Crippen MR) is 175 cm³/mol. The molecule has 0 aliphatic carbocycles. The first kappa shape index (κ1) is 31.3. The summed E-state index contributed by atoms with van der Waals surface area (Å²) in [6, 6.07) is 28.7. The molecule has 0 saturated carbocycles. The Labute approximate surface area is 259 Å². The van der Waals surface area contributed by atoms with E-state index in [4.69, 9.17) is 23.2 Å². The van der Waals surface area contributed by atoms with Crippen LogP contribution in [0.1, 0.15) is 71.5 Å². The summed E-state index contributed by atoms with van der Waals surface area (Å²) in [5.41, 5.74) is 5.83. The number of rotatable bonds is 10. The Kier molecular flexibility index (Phi) is 10.5. The van der Waals surface area contributed by atoms with Crippen LogP contribution in [0.5, 0.6) is 0 Å². The zero-order chi connectivity index (χ0) is 30.3. The first-order chi connectivity index (χ1) is 20.1. The fourth-order valence-electron chi connectivity index (χ4n) is 4.96. The molecular formula is C36H38Cl2N2O2. The van der Waals surface area contributed by atoms with E-state index >= 15 is 0 Å². The van der Waals surface area contributed by atoms with Gasteiger partial charge in [0.05, 0.1) is 0 Å². The Morgan fingerprint density at radius 2 is 1.40 bits per heavy atom.